The van der Waals surface area contributed by atoms with Crippen LogP contribution in [0.25, 0.3) is 0 Å². The number of nitrogens with two attached hydrogens (primary N) is 1. The van der Waals surface area contributed by atoms with Crippen molar-refractivity contribution in [1.82, 2.24) is 0 Å². The van der Waals surface area contributed by atoms with Crippen LogP contribution < -0.4 is 10.6 Å². The Labute approximate surface area is 202 Å². The van der Waals surface area contributed by atoms with Gasteiger partial charge in [0.1, 0.15) is 11.5 Å². The van der Waals surface area contributed by atoms with E-state index in [9.17, 15) is 14.9 Å². The number of hydrogen-bond acceptors (Lipinski definition) is 7. The van der Waals surface area contributed by atoms with Crippen LogP contribution in [0, 0.1) is 11.3 Å². The lowest BCUT2D eigenvalue weighted by atomic mass is 9.81. The first-order chi connectivity index (χ1) is 15.3. The van der Waals surface area contributed by atoms with E-state index in [0.717, 1.165) is 12.0 Å². The molecule has 10 heteroatoms. The minimum absolute atomic E-state index is 0.0132. The zero-order valence-corrected chi connectivity index (χ0v) is 20.0. The summed E-state index contributed by atoms with van der Waals surface area (Å²) in [5, 5.41) is 10.3. The molecule has 0 amide bonds. The lowest BCUT2D eigenvalue weighted by Gasteiger charge is -2.36. The maximum atomic E-state index is 13.0. The van der Waals surface area contributed by atoms with Crippen LogP contribution in [-0.2, 0) is 19.1 Å². The molecule has 7 nitrogen and oxygen atoms in total. The first kappa shape index (κ1) is 23.7. The van der Waals surface area contributed by atoms with E-state index in [4.69, 9.17) is 38.4 Å². The van der Waals surface area contributed by atoms with Crippen molar-refractivity contribution >= 4 is 56.8 Å². The quantitative estimate of drug-likeness (QED) is 0.566. The third kappa shape index (κ3) is 4.07. The molecule has 0 saturated carbocycles. The van der Waals surface area contributed by atoms with Crippen molar-refractivity contribution in [3.63, 3.8) is 0 Å². The van der Waals surface area contributed by atoms with Crippen molar-refractivity contribution in [2.75, 3.05) is 19.1 Å². The number of nitriles is 1. The fourth-order valence-corrected chi connectivity index (χ4v) is 4.87. The van der Waals surface area contributed by atoms with E-state index < -0.39 is 17.9 Å². The summed E-state index contributed by atoms with van der Waals surface area (Å²) >= 11 is 16.2. The Bertz CT molecular complexity index is 1180. The molecule has 0 aromatic heterocycles. The number of hydrogen-bond donors (Lipinski definition) is 1. The standard InChI is InChI=1S/C22H16BrCl2N3O4/c1-31-21(29)17-16(11-6-4-3-5-7-11)13(10-26)20(27)28(19(17)22(30)32-2)18-14(24)8-12(23)9-15(18)25/h3-9,16H,27H2,1-2H3. The maximum Gasteiger partial charge on any atom is 0.355 e. The molecule has 0 fully saturated rings. The highest BCUT2D eigenvalue weighted by Gasteiger charge is 2.43. The molecule has 1 aliphatic rings. The molecular formula is C22H16BrCl2N3O4. The van der Waals surface area contributed by atoms with E-state index in [1.807, 2.05) is 0 Å². The number of carbonyl (C=O) groups is 2. The smallest absolute Gasteiger partial charge is 0.355 e. The van der Waals surface area contributed by atoms with Gasteiger partial charge in [0.15, 0.2) is 0 Å². The molecule has 0 spiro atoms. The summed E-state index contributed by atoms with van der Waals surface area (Å²) in [5.74, 6) is -2.83. The summed E-state index contributed by atoms with van der Waals surface area (Å²) in [5.41, 5.74) is 6.71. The van der Waals surface area contributed by atoms with Gasteiger partial charge in [-0.25, -0.2) is 9.59 Å². The van der Waals surface area contributed by atoms with Crippen molar-refractivity contribution in [1.29, 1.82) is 5.26 Å². The highest BCUT2D eigenvalue weighted by Crippen LogP contribution is 2.47. The molecule has 1 aliphatic heterocycles. The van der Waals surface area contributed by atoms with Crippen molar-refractivity contribution in [2.45, 2.75) is 5.92 Å². The molecule has 1 heterocycles. The summed E-state index contributed by atoms with van der Waals surface area (Å²) in [7, 11) is 2.33. The Kier molecular flexibility index (Phi) is 7.14. The van der Waals surface area contributed by atoms with Gasteiger partial charge in [-0.05, 0) is 17.7 Å². The average molecular weight is 537 g/mol. The van der Waals surface area contributed by atoms with Crippen molar-refractivity contribution in [2.24, 2.45) is 5.73 Å². The van der Waals surface area contributed by atoms with Gasteiger partial charge in [0.05, 0.1) is 53.1 Å². The normalized spacial score (nSPS) is 16.0. The van der Waals surface area contributed by atoms with Gasteiger partial charge >= 0.3 is 11.9 Å². The van der Waals surface area contributed by atoms with Crippen LogP contribution in [0.5, 0.6) is 0 Å². The third-order valence-corrected chi connectivity index (χ3v) is 5.85. The SMILES string of the molecule is COC(=O)C1=C(C(=O)OC)N(c2c(Cl)cc(Br)cc2Cl)C(N)=C(C#N)C1c1ccccc1. The number of esters is 2. The van der Waals surface area contributed by atoms with E-state index in [-0.39, 0.29) is 38.4 Å². The first-order valence-corrected chi connectivity index (χ1v) is 10.6. The Balaban J connectivity index is 2.48. The highest BCUT2D eigenvalue weighted by molar-refractivity contribution is 9.10. The number of anilines is 1. The highest BCUT2D eigenvalue weighted by atomic mass is 79.9. The maximum absolute atomic E-state index is 13.0. The fraction of sp³-hybridized carbons (Fsp3) is 0.136. The molecular weight excluding hydrogens is 521 g/mol. The number of allylic oxidation sites excluding steroid dienone is 1. The molecule has 32 heavy (non-hydrogen) atoms. The number of carbonyl (C=O) groups excluding carboxylic acids is 2. The molecule has 0 radical (unpaired) electrons. The minimum atomic E-state index is -0.980. The summed E-state index contributed by atoms with van der Waals surface area (Å²) < 4.78 is 10.5. The summed E-state index contributed by atoms with van der Waals surface area (Å²) in [6.45, 7) is 0. The molecule has 2 aromatic carbocycles. The van der Waals surface area contributed by atoms with Gasteiger partial charge in [0, 0.05) is 4.47 Å². The van der Waals surface area contributed by atoms with Crippen LogP contribution in [0.2, 0.25) is 10.0 Å². The van der Waals surface area contributed by atoms with Crippen LogP contribution in [0.3, 0.4) is 0 Å². The van der Waals surface area contributed by atoms with Crippen LogP contribution in [0.1, 0.15) is 11.5 Å². The van der Waals surface area contributed by atoms with E-state index in [2.05, 4.69) is 22.0 Å². The second-order valence-electron chi connectivity index (χ2n) is 6.55. The number of ether oxygens (including phenoxy) is 2. The van der Waals surface area contributed by atoms with Gasteiger partial charge in [-0.3, -0.25) is 4.90 Å². The van der Waals surface area contributed by atoms with Gasteiger partial charge in [-0.1, -0.05) is 69.5 Å². The van der Waals surface area contributed by atoms with Gasteiger partial charge < -0.3 is 15.2 Å². The number of nitrogens with zero attached hydrogens (tertiary/aromatic N) is 2. The fourth-order valence-electron chi connectivity index (χ4n) is 3.49. The lowest BCUT2D eigenvalue weighted by molar-refractivity contribution is -0.139. The predicted molar refractivity (Wildman–Crippen MR) is 124 cm³/mol. The average Bonchev–Trinajstić information content (AvgIpc) is 2.78. The summed E-state index contributed by atoms with van der Waals surface area (Å²) in [6, 6.07) is 13.8. The zero-order chi connectivity index (χ0) is 23.6. The number of halogens is 3. The lowest BCUT2D eigenvalue weighted by Crippen LogP contribution is -2.41. The van der Waals surface area contributed by atoms with Crippen LogP contribution >= 0.6 is 39.1 Å². The molecule has 1 unspecified atom stereocenters. The topological polar surface area (TPSA) is 106 Å². The largest absolute Gasteiger partial charge is 0.466 e. The van der Waals surface area contributed by atoms with Crippen LogP contribution in [0.4, 0.5) is 5.69 Å². The number of methoxy groups -OCH3 is 2. The third-order valence-electron chi connectivity index (χ3n) is 4.82. The first-order valence-electron chi connectivity index (χ1n) is 9.06. The van der Waals surface area contributed by atoms with Gasteiger partial charge in [0.2, 0.25) is 0 Å². The Hall–Kier alpha value is -2.99. The van der Waals surface area contributed by atoms with Gasteiger partial charge in [0.25, 0.3) is 0 Å². The molecule has 1 atom stereocenters. The monoisotopic (exact) mass is 535 g/mol. The Morgan fingerprint density at radius 3 is 2.16 bits per heavy atom. The summed E-state index contributed by atoms with van der Waals surface area (Å²) in [6.07, 6.45) is 0. The number of rotatable bonds is 4. The van der Waals surface area contributed by atoms with Crippen molar-refractivity contribution in [3.8, 4) is 6.07 Å². The molecule has 0 aliphatic carbocycles. The molecule has 0 saturated heterocycles. The van der Waals surface area contributed by atoms with Gasteiger partial charge in [-0.15, -0.1) is 0 Å². The molecule has 164 valence electrons. The molecule has 2 aromatic rings. The van der Waals surface area contributed by atoms with Crippen LogP contribution in [-0.4, -0.2) is 26.2 Å². The molecule has 2 N–H and O–H groups in total. The van der Waals surface area contributed by atoms with Crippen molar-refractivity contribution in [3.05, 3.63) is 85.2 Å². The zero-order valence-electron chi connectivity index (χ0n) is 16.9. The Morgan fingerprint density at radius 2 is 1.66 bits per heavy atom. The second kappa shape index (κ2) is 9.65. The second-order valence-corrected chi connectivity index (χ2v) is 8.28. The van der Waals surface area contributed by atoms with Gasteiger partial charge in [-0.2, -0.15) is 5.26 Å². The number of benzene rings is 2. The van der Waals surface area contributed by atoms with E-state index in [1.54, 1.807) is 30.3 Å². The summed E-state index contributed by atoms with van der Waals surface area (Å²) in [4.78, 5) is 27.2. The van der Waals surface area contributed by atoms with E-state index in [0.29, 0.717) is 10.0 Å². The van der Waals surface area contributed by atoms with Crippen LogP contribution in [0.15, 0.2) is 69.6 Å². The van der Waals surface area contributed by atoms with Crippen molar-refractivity contribution < 1.29 is 19.1 Å². The predicted octanol–water partition coefficient (Wildman–Crippen LogP) is 4.65. The molecule has 0 bridgehead atoms. The minimum Gasteiger partial charge on any atom is -0.466 e. The molecule has 3 rings (SSSR count). The van der Waals surface area contributed by atoms with E-state index >= 15 is 0 Å². The Morgan fingerprint density at radius 1 is 1.09 bits per heavy atom. The van der Waals surface area contributed by atoms with E-state index in [1.165, 1.54) is 19.2 Å².